The fourth-order valence-electron chi connectivity index (χ4n) is 2.46. The van der Waals surface area contributed by atoms with Crippen LogP contribution in [0.3, 0.4) is 0 Å². The van der Waals surface area contributed by atoms with Gasteiger partial charge in [-0.25, -0.2) is 0 Å². The third-order valence-corrected chi connectivity index (χ3v) is 4.09. The van der Waals surface area contributed by atoms with Gasteiger partial charge in [-0.15, -0.1) is 0 Å². The lowest BCUT2D eigenvalue weighted by Gasteiger charge is -2.16. The van der Waals surface area contributed by atoms with Crippen LogP contribution >= 0.6 is 0 Å². The molecule has 3 rings (SSSR count). The van der Waals surface area contributed by atoms with Crippen molar-refractivity contribution in [1.82, 2.24) is 0 Å². The number of nitro benzene ring substituents is 1. The van der Waals surface area contributed by atoms with Crippen LogP contribution in [0.2, 0.25) is 0 Å². The number of nitrogens with one attached hydrogen (secondary N) is 2. The minimum atomic E-state index is -0.415. The van der Waals surface area contributed by atoms with E-state index >= 15 is 0 Å². The summed E-state index contributed by atoms with van der Waals surface area (Å²) >= 11 is 0. The maximum Gasteiger partial charge on any atom is 0.269 e. The van der Waals surface area contributed by atoms with E-state index in [-0.39, 0.29) is 23.6 Å². The molecule has 0 saturated heterocycles. The summed E-state index contributed by atoms with van der Waals surface area (Å²) in [5.74, 6) is 0.284. The largest absolute Gasteiger partial charge is 0.379 e. The van der Waals surface area contributed by atoms with Gasteiger partial charge in [0.2, 0.25) is 5.91 Å². The molecule has 2 N–H and O–H groups in total. The first kappa shape index (κ1) is 16.0. The number of anilines is 2. The third kappa shape index (κ3) is 3.90. The molecule has 1 atom stereocenters. The molecule has 0 aromatic heterocycles. The highest BCUT2D eigenvalue weighted by atomic mass is 16.6. The van der Waals surface area contributed by atoms with E-state index in [1.165, 1.54) is 12.1 Å². The lowest BCUT2D eigenvalue weighted by Crippen LogP contribution is -2.13. The predicted molar refractivity (Wildman–Crippen MR) is 92.9 cm³/mol. The van der Waals surface area contributed by atoms with Crippen LogP contribution in [-0.4, -0.2) is 10.8 Å². The number of carbonyl (C=O) groups excluding carboxylic acids is 1. The van der Waals surface area contributed by atoms with Gasteiger partial charge in [0.1, 0.15) is 0 Å². The van der Waals surface area contributed by atoms with E-state index < -0.39 is 4.92 Å². The summed E-state index contributed by atoms with van der Waals surface area (Å²) in [7, 11) is 0. The molecule has 1 aliphatic carbocycles. The van der Waals surface area contributed by atoms with Crippen molar-refractivity contribution >= 4 is 23.0 Å². The molecule has 0 radical (unpaired) electrons. The van der Waals surface area contributed by atoms with Crippen molar-refractivity contribution in [3.05, 3.63) is 64.2 Å². The van der Waals surface area contributed by atoms with Crippen molar-refractivity contribution in [2.75, 3.05) is 10.6 Å². The normalized spacial score (nSPS) is 14.7. The van der Waals surface area contributed by atoms with Crippen LogP contribution in [0, 0.1) is 16.0 Å². The third-order valence-electron chi connectivity index (χ3n) is 4.09. The summed E-state index contributed by atoms with van der Waals surface area (Å²) in [5, 5.41) is 16.9. The van der Waals surface area contributed by atoms with Crippen molar-refractivity contribution in [2.45, 2.75) is 25.8 Å². The number of amides is 1. The van der Waals surface area contributed by atoms with E-state index in [1.807, 2.05) is 31.2 Å². The summed E-state index contributed by atoms with van der Waals surface area (Å²) < 4.78 is 0. The zero-order valence-corrected chi connectivity index (χ0v) is 13.4. The van der Waals surface area contributed by atoms with Crippen LogP contribution in [-0.2, 0) is 4.79 Å². The number of nitrogens with zero attached hydrogens (tertiary/aromatic N) is 1. The maximum atomic E-state index is 11.7. The minimum absolute atomic E-state index is 0.0413. The Labute approximate surface area is 140 Å². The van der Waals surface area contributed by atoms with Crippen LogP contribution in [0.5, 0.6) is 0 Å². The number of hydrogen-bond acceptors (Lipinski definition) is 4. The smallest absolute Gasteiger partial charge is 0.269 e. The zero-order chi connectivity index (χ0) is 17.1. The zero-order valence-electron chi connectivity index (χ0n) is 13.4. The summed E-state index contributed by atoms with van der Waals surface area (Å²) in [6, 6.07) is 14.1. The number of hydrogen-bond donors (Lipinski definition) is 2. The molecule has 0 heterocycles. The Bertz CT molecular complexity index is 737. The molecular weight excluding hydrogens is 306 g/mol. The molecule has 1 unspecified atom stereocenters. The molecule has 0 bridgehead atoms. The Balaban J connectivity index is 1.60. The van der Waals surface area contributed by atoms with E-state index in [2.05, 4.69) is 10.6 Å². The Morgan fingerprint density at radius 3 is 2.21 bits per heavy atom. The van der Waals surface area contributed by atoms with Crippen molar-refractivity contribution in [1.29, 1.82) is 0 Å². The number of carbonyl (C=O) groups is 1. The lowest BCUT2D eigenvalue weighted by atomic mass is 10.1. The first-order valence-corrected chi connectivity index (χ1v) is 7.95. The van der Waals surface area contributed by atoms with Gasteiger partial charge < -0.3 is 10.6 Å². The van der Waals surface area contributed by atoms with Crippen molar-refractivity contribution < 1.29 is 9.72 Å². The quantitative estimate of drug-likeness (QED) is 0.618. The first-order chi connectivity index (χ1) is 11.5. The average Bonchev–Trinajstić information content (AvgIpc) is 3.41. The molecule has 124 valence electrons. The molecule has 1 fully saturated rings. The molecule has 1 amide bonds. The molecule has 0 aliphatic heterocycles. The van der Waals surface area contributed by atoms with E-state index in [1.54, 1.807) is 12.1 Å². The highest BCUT2D eigenvalue weighted by Gasteiger charge is 2.29. The average molecular weight is 325 g/mol. The standard InChI is InChI=1S/C18H19N3O3/c1-12(19-15-8-10-17(11-9-15)21(23)24)13-4-6-16(7-5-13)20-18(22)14-2-3-14/h4-12,14,19H,2-3H2,1H3,(H,20,22). The number of nitro groups is 1. The topological polar surface area (TPSA) is 84.3 Å². The van der Waals surface area contributed by atoms with Gasteiger partial charge >= 0.3 is 0 Å². The van der Waals surface area contributed by atoms with E-state index in [0.29, 0.717) is 0 Å². The second-order valence-corrected chi connectivity index (χ2v) is 6.06. The minimum Gasteiger partial charge on any atom is -0.379 e. The fourth-order valence-corrected chi connectivity index (χ4v) is 2.46. The van der Waals surface area contributed by atoms with Gasteiger partial charge in [-0.2, -0.15) is 0 Å². The number of non-ortho nitro benzene ring substituents is 1. The van der Waals surface area contributed by atoms with Gasteiger partial charge in [0, 0.05) is 35.5 Å². The Morgan fingerprint density at radius 2 is 1.67 bits per heavy atom. The lowest BCUT2D eigenvalue weighted by molar-refractivity contribution is -0.384. The van der Waals surface area contributed by atoms with Crippen molar-refractivity contribution in [2.24, 2.45) is 5.92 Å². The summed E-state index contributed by atoms with van der Waals surface area (Å²) in [6.07, 6.45) is 1.97. The molecule has 1 aliphatic rings. The van der Waals surface area contributed by atoms with Gasteiger partial charge in [-0.1, -0.05) is 12.1 Å². The summed E-state index contributed by atoms with van der Waals surface area (Å²) in [5.41, 5.74) is 2.76. The monoisotopic (exact) mass is 325 g/mol. The Kier molecular flexibility index (Phi) is 4.46. The molecule has 6 heteroatoms. The van der Waals surface area contributed by atoms with Gasteiger partial charge in [-0.3, -0.25) is 14.9 Å². The van der Waals surface area contributed by atoms with Crippen molar-refractivity contribution in [3.8, 4) is 0 Å². The van der Waals surface area contributed by atoms with Crippen LogP contribution < -0.4 is 10.6 Å². The van der Waals surface area contributed by atoms with Crippen LogP contribution in [0.15, 0.2) is 48.5 Å². The van der Waals surface area contributed by atoms with Crippen molar-refractivity contribution in [3.63, 3.8) is 0 Å². The second kappa shape index (κ2) is 6.70. The highest BCUT2D eigenvalue weighted by molar-refractivity contribution is 5.94. The highest BCUT2D eigenvalue weighted by Crippen LogP contribution is 2.30. The summed E-state index contributed by atoms with van der Waals surface area (Å²) in [6.45, 7) is 2.01. The Hall–Kier alpha value is -2.89. The molecular formula is C18H19N3O3. The first-order valence-electron chi connectivity index (χ1n) is 7.95. The molecule has 2 aromatic rings. The molecule has 1 saturated carbocycles. The maximum absolute atomic E-state index is 11.7. The fraction of sp³-hybridized carbons (Fsp3) is 0.278. The van der Waals surface area contributed by atoms with Gasteiger partial charge in [-0.05, 0) is 49.6 Å². The molecule has 2 aromatic carbocycles. The SMILES string of the molecule is CC(Nc1ccc([N+](=O)[O-])cc1)c1ccc(NC(=O)C2CC2)cc1. The van der Waals surface area contributed by atoms with Crippen LogP contribution in [0.1, 0.15) is 31.4 Å². The van der Waals surface area contributed by atoms with Crippen LogP contribution in [0.25, 0.3) is 0 Å². The molecule has 24 heavy (non-hydrogen) atoms. The van der Waals surface area contributed by atoms with Crippen LogP contribution in [0.4, 0.5) is 17.1 Å². The summed E-state index contributed by atoms with van der Waals surface area (Å²) in [4.78, 5) is 22.0. The molecule has 0 spiro atoms. The van der Waals surface area contributed by atoms with E-state index in [9.17, 15) is 14.9 Å². The Morgan fingerprint density at radius 1 is 1.08 bits per heavy atom. The molecule has 6 nitrogen and oxygen atoms in total. The van der Waals surface area contributed by atoms with Gasteiger partial charge in [0.05, 0.1) is 4.92 Å². The number of benzene rings is 2. The van der Waals surface area contributed by atoms with Gasteiger partial charge in [0.25, 0.3) is 5.69 Å². The second-order valence-electron chi connectivity index (χ2n) is 6.06. The predicted octanol–water partition coefficient (Wildman–Crippen LogP) is 4.12. The van der Waals surface area contributed by atoms with E-state index in [0.717, 1.165) is 29.8 Å². The van der Waals surface area contributed by atoms with E-state index in [4.69, 9.17) is 0 Å². The van der Waals surface area contributed by atoms with Gasteiger partial charge in [0.15, 0.2) is 0 Å². The number of rotatable bonds is 6.